The van der Waals surface area contributed by atoms with Gasteiger partial charge < -0.3 is 14.8 Å². The maximum atomic E-state index is 11.5. The Hall–Kier alpha value is -2.23. The lowest BCUT2D eigenvalue weighted by atomic mass is 10.1. The van der Waals surface area contributed by atoms with E-state index in [1.807, 2.05) is 30.5 Å². The van der Waals surface area contributed by atoms with E-state index in [9.17, 15) is 15.0 Å². The number of hydrogen-bond donors (Lipinski definition) is 2. The van der Waals surface area contributed by atoms with Crippen molar-refractivity contribution in [3.63, 3.8) is 0 Å². The largest absolute Gasteiger partial charge is 0.508 e. The average Bonchev–Trinajstić information content (AvgIpc) is 2.68. The van der Waals surface area contributed by atoms with Gasteiger partial charge in [-0.3, -0.25) is 0 Å². The van der Waals surface area contributed by atoms with Crippen LogP contribution in [0.3, 0.4) is 0 Å². The summed E-state index contributed by atoms with van der Waals surface area (Å²) in [6.07, 6.45) is 0.395. The molecule has 4 heteroatoms. The number of benzene rings is 1. The monoisotopic (exact) mass is 259 g/mol. The highest BCUT2D eigenvalue weighted by atomic mass is 16.4. The molecule has 1 heterocycles. The Morgan fingerprint density at radius 3 is 2.11 bits per heavy atom. The Morgan fingerprint density at radius 2 is 1.63 bits per heavy atom. The number of carbonyl (C=O) groups is 1. The lowest BCUT2D eigenvalue weighted by Gasteiger charge is -2.19. The van der Waals surface area contributed by atoms with Crippen LogP contribution in [-0.2, 0) is 11.2 Å². The molecule has 0 bridgehead atoms. The minimum absolute atomic E-state index is 0.184. The van der Waals surface area contributed by atoms with Crippen LogP contribution in [0.25, 0.3) is 0 Å². The van der Waals surface area contributed by atoms with E-state index in [1.54, 1.807) is 24.3 Å². The molecule has 2 aromatic rings. The molecule has 0 spiro atoms. The van der Waals surface area contributed by atoms with Gasteiger partial charge in [0.25, 0.3) is 0 Å². The summed E-state index contributed by atoms with van der Waals surface area (Å²) >= 11 is 0. The fourth-order valence-corrected chi connectivity index (χ4v) is 2.32. The summed E-state index contributed by atoms with van der Waals surface area (Å²) in [5, 5.41) is 18.7. The Labute approximate surface area is 111 Å². The van der Waals surface area contributed by atoms with Crippen LogP contribution in [0, 0.1) is 13.8 Å². The third kappa shape index (κ3) is 2.78. The van der Waals surface area contributed by atoms with Gasteiger partial charge in [0.15, 0.2) is 0 Å². The Bertz CT molecular complexity index is 564. The molecule has 0 saturated heterocycles. The van der Waals surface area contributed by atoms with E-state index >= 15 is 0 Å². The van der Waals surface area contributed by atoms with Crippen LogP contribution in [0.5, 0.6) is 5.75 Å². The number of carboxylic acid groups (broad SMARTS) is 1. The molecule has 19 heavy (non-hydrogen) atoms. The summed E-state index contributed by atoms with van der Waals surface area (Å²) in [5.41, 5.74) is 2.75. The molecule has 2 N–H and O–H groups in total. The fraction of sp³-hybridized carbons (Fsp3) is 0.267. The molecule has 100 valence electrons. The zero-order valence-electron chi connectivity index (χ0n) is 11.0. The zero-order chi connectivity index (χ0) is 14.0. The average molecular weight is 259 g/mol. The lowest BCUT2D eigenvalue weighted by Crippen LogP contribution is -2.23. The molecule has 1 atom stereocenters. The van der Waals surface area contributed by atoms with E-state index in [0.717, 1.165) is 17.0 Å². The number of phenolic OH excluding ortho intramolecular Hbond substituents is 1. The van der Waals surface area contributed by atoms with Crippen molar-refractivity contribution in [2.45, 2.75) is 26.3 Å². The fourth-order valence-electron chi connectivity index (χ4n) is 2.32. The number of rotatable bonds is 4. The number of nitrogens with zero attached hydrogens (tertiary/aromatic N) is 1. The number of aryl methyl sites for hydroxylation is 2. The third-order valence-electron chi connectivity index (χ3n) is 3.29. The molecule has 0 aliphatic carbocycles. The molecular formula is C15H17NO3. The van der Waals surface area contributed by atoms with Gasteiger partial charge in [-0.25, -0.2) is 4.79 Å². The molecule has 0 saturated carbocycles. The maximum Gasteiger partial charge on any atom is 0.327 e. The van der Waals surface area contributed by atoms with E-state index in [1.165, 1.54) is 0 Å². The first-order valence-corrected chi connectivity index (χ1v) is 6.14. The predicted molar refractivity (Wildman–Crippen MR) is 72.4 cm³/mol. The second-order valence-corrected chi connectivity index (χ2v) is 4.71. The first-order valence-electron chi connectivity index (χ1n) is 6.14. The van der Waals surface area contributed by atoms with Gasteiger partial charge >= 0.3 is 5.97 Å². The van der Waals surface area contributed by atoms with Crippen molar-refractivity contribution in [2.75, 3.05) is 0 Å². The number of aliphatic carboxylic acids is 1. The zero-order valence-corrected chi connectivity index (χ0v) is 11.0. The highest BCUT2D eigenvalue weighted by Gasteiger charge is 2.22. The van der Waals surface area contributed by atoms with Gasteiger partial charge in [0.05, 0.1) is 0 Å². The molecule has 0 aliphatic heterocycles. The molecule has 2 rings (SSSR count). The van der Waals surface area contributed by atoms with Crippen LogP contribution in [0.2, 0.25) is 0 Å². The van der Waals surface area contributed by atoms with Crippen LogP contribution in [0.4, 0.5) is 0 Å². The second kappa shape index (κ2) is 5.18. The number of carboxylic acids is 1. The molecule has 0 fully saturated rings. The Balaban J connectivity index is 2.32. The molecule has 0 aliphatic rings. The van der Waals surface area contributed by atoms with Gasteiger partial charge in [-0.15, -0.1) is 0 Å². The van der Waals surface area contributed by atoms with Crippen LogP contribution in [0.1, 0.15) is 23.0 Å². The van der Waals surface area contributed by atoms with Gasteiger partial charge in [-0.1, -0.05) is 12.1 Å². The van der Waals surface area contributed by atoms with Crippen molar-refractivity contribution in [3.8, 4) is 5.75 Å². The van der Waals surface area contributed by atoms with E-state index in [-0.39, 0.29) is 5.75 Å². The highest BCUT2D eigenvalue weighted by molar-refractivity contribution is 5.72. The number of phenols is 1. The lowest BCUT2D eigenvalue weighted by molar-refractivity contribution is -0.141. The summed E-state index contributed by atoms with van der Waals surface area (Å²) in [7, 11) is 0. The second-order valence-electron chi connectivity index (χ2n) is 4.71. The van der Waals surface area contributed by atoms with Gasteiger partial charge in [-0.2, -0.15) is 0 Å². The first-order chi connectivity index (χ1) is 8.99. The number of aromatic nitrogens is 1. The maximum absolute atomic E-state index is 11.5. The van der Waals surface area contributed by atoms with Crippen LogP contribution < -0.4 is 0 Å². The van der Waals surface area contributed by atoms with E-state index in [4.69, 9.17) is 0 Å². The summed E-state index contributed by atoms with van der Waals surface area (Å²) in [5.74, 6) is -0.667. The van der Waals surface area contributed by atoms with Crippen molar-refractivity contribution < 1.29 is 15.0 Å². The normalized spacial score (nSPS) is 12.3. The summed E-state index contributed by atoms with van der Waals surface area (Å²) in [6.45, 7) is 3.81. The summed E-state index contributed by atoms with van der Waals surface area (Å²) in [4.78, 5) is 11.5. The SMILES string of the molecule is Cc1ccc(C)n1C(Cc1ccc(O)cc1)C(=O)O. The van der Waals surface area contributed by atoms with Gasteiger partial charge in [0.1, 0.15) is 11.8 Å². The van der Waals surface area contributed by atoms with Gasteiger partial charge in [0, 0.05) is 17.8 Å². The van der Waals surface area contributed by atoms with Crippen LogP contribution >= 0.6 is 0 Å². The Morgan fingerprint density at radius 1 is 1.11 bits per heavy atom. The molecule has 0 amide bonds. The third-order valence-corrected chi connectivity index (χ3v) is 3.29. The quantitative estimate of drug-likeness (QED) is 0.887. The van der Waals surface area contributed by atoms with Gasteiger partial charge in [0.2, 0.25) is 0 Å². The molecule has 1 aromatic carbocycles. The Kier molecular flexibility index (Phi) is 3.60. The standard InChI is InChI=1S/C15H17NO3/c1-10-3-4-11(2)16(10)14(15(18)19)9-12-5-7-13(17)8-6-12/h3-8,14,17H,9H2,1-2H3,(H,18,19). The molecular weight excluding hydrogens is 242 g/mol. The molecule has 1 unspecified atom stereocenters. The molecule has 1 aromatic heterocycles. The highest BCUT2D eigenvalue weighted by Crippen LogP contribution is 2.21. The van der Waals surface area contributed by atoms with Crippen LogP contribution in [0.15, 0.2) is 36.4 Å². The van der Waals surface area contributed by atoms with Crippen molar-refractivity contribution in [1.29, 1.82) is 0 Å². The minimum atomic E-state index is -0.851. The topological polar surface area (TPSA) is 62.5 Å². The van der Waals surface area contributed by atoms with E-state index < -0.39 is 12.0 Å². The number of hydrogen-bond acceptors (Lipinski definition) is 2. The van der Waals surface area contributed by atoms with Crippen molar-refractivity contribution in [1.82, 2.24) is 4.57 Å². The van der Waals surface area contributed by atoms with E-state index in [2.05, 4.69) is 0 Å². The van der Waals surface area contributed by atoms with Crippen LogP contribution in [-0.4, -0.2) is 20.7 Å². The first kappa shape index (κ1) is 13.2. The van der Waals surface area contributed by atoms with Crippen molar-refractivity contribution in [3.05, 3.63) is 53.3 Å². The minimum Gasteiger partial charge on any atom is -0.508 e. The molecule has 4 nitrogen and oxygen atoms in total. The summed E-state index contributed by atoms with van der Waals surface area (Å²) in [6, 6.07) is 9.86. The predicted octanol–water partition coefficient (Wildman–Crippen LogP) is 2.68. The van der Waals surface area contributed by atoms with Crippen molar-refractivity contribution in [2.24, 2.45) is 0 Å². The van der Waals surface area contributed by atoms with Gasteiger partial charge in [-0.05, 0) is 43.7 Å². The molecule has 0 radical (unpaired) electrons. The summed E-state index contributed by atoms with van der Waals surface area (Å²) < 4.78 is 1.83. The smallest absolute Gasteiger partial charge is 0.327 e. The van der Waals surface area contributed by atoms with Crippen molar-refractivity contribution >= 4 is 5.97 Å². The number of aromatic hydroxyl groups is 1. The van der Waals surface area contributed by atoms with E-state index in [0.29, 0.717) is 6.42 Å².